The Hall–Kier alpha value is -1.14. The lowest BCUT2D eigenvalue weighted by molar-refractivity contribution is 0.795. The van der Waals surface area contributed by atoms with E-state index in [0.717, 1.165) is 11.3 Å². The van der Waals surface area contributed by atoms with Gasteiger partial charge in [-0.3, -0.25) is 0 Å². The van der Waals surface area contributed by atoms with E-state index in [1.54, 1.807) is 0 Å². The summed E-state index contributed by atoms with van der Waals surface area (Å²) in [6.45, 7) is 4.03. The molecule has 0 spiro atoms. The highest BCUT2D eigenvalue weighted by Gasteiger charge is 2.11. The van der Waals surface area contributed by atoms with Crippen molar-refractivity contribution < 1.29 is 0 Å². The molecule has 0 amide bonds. The van der Waals surface area contributed by atoms with Gasteiger partial charge in [0.1, 0.15) is 11.5 Å². The first kappa shape index (κ1) is 9.94. The third kappa shape index (κ3) is 2.16. The van der Waals surface area contributed by atoms with Crippen molar-refractivity contribution in [3.05, 3.63) is 22.7 Å². The largest absolute Gasteiger partial charge is 0.241 e. The second-order valence-corrected chi connectivity index (χ2v) is 3.38. The summed E-state index contributed by atoms with van der Waals surface area (Å²) in [6, 6.07) is 2.06. The molecule has 0 aliphatic heterocycles. The Morgan fingerprint density at radius 1 is 1.54 bits per heavy atom. The Balaban J connectivity index is 3.19. The summed E-state index contributed by atoms with van der Waals surface area (Å²) in [7, 11) is 0. The molecule has 3 nitrogen and oxygen atoms in total. The van der Waals surface area contributed by atoms with E-state index in [9.17, 15) is 0 Å². The van der Waals surface area contributed by atoms with Gasteiger partial charge in [-0.15, -0.1) is 0 Å². The van der Waals surface area contributed by atoms with Crippen molar-refractivity contribution in [2.24, 2.45) is 0 Å². The van der Waals surface area contributed by atoms with Crippen molar-refractivity contribution in [1.29, 1.82) is 5.26 Å². The second kappa shape index (κ2) is 4.20. The van der Waals surface area contributed by atoms with E-state index >= 15 is 0 Å². The minimum Gasteiger partial charge on any atom is -0.241 e. The highest BCUT2D eigenvalue weighted by atomic mass is 35.5. The minimum atomic E-state index is 0.267. The summed E-state index contributed by atoms with van der Waals surface area (Å²) in [6.07, 6.45) is 1.70. The molecule has 0 radical (unpaired) electrons. The van der Waals surface area contributed by atoms with E-state index < -0.39 is 0 Å². The van der Waals surface area contributed by atoms with Crippen molar-refractivity contribution in [2.75, 3.05) is 0 Å². The molecule has 0 unspecified atom stereocenters. The topological polar surface area (TPSA) is 49.6 Å². The van der Waals surface area contributed by atoms with Crippen molar-refractivity contribution >= 4 is 11.6 Å². The van der Waals surface area contributed by atoms with Gasteiger partial charge in [0.15, 0.2) is 0 Å². The Labute approximate surface area is 82.4 Å². The zero-order valence-corrected chi connectivity index (χ0v) is 8.34. The summed E-state index contributed by atoms with van der Waals surface area (Å²) in [5, 5.41) is 8.98. The molecular formula is C9H10ClN3. The van der Waals surface area contributed by atoms with E-state index in [4.69, 9.17) is 16.9 Å². The van der Waals surface area contributed by atoms with Gasteiger partial charge in [-0.1, -0.05) is 25.4 Å². The van der Waals surface area contributed by atoms with Gasteiger partial charge in [0.05, 0.1) is 18.2 Å². The second-order valence-electron chi connectivity index (χ2n) is 3.02. The van der Waals surface area contributed by atoms with Crippen LogP contribution in [0.4, 0.5) is 0 Å². The fourth-order valence-corrected chi connectivity index (χ4v) is 1.35. The molecule has 1 heterocycles. The third-order valence-corrected chi connectivity index (χ3v) is 2.05. The number of halogens is 1. The lowest BCUT2D eigenvalue weighted by Crippen LogP contribution is -2.01. The molecule has 1 aromatic rings. The lowest BCUT2D eigenvalue weighted by Gasteiger charge is -2.09. The minimum absolute atomic E-state index is 0.267. The van der Waals surface area contributed by atoms with Gasteiger partial charge in [-0.25, -0.2) is 9.97 Å². The van der Waals surface area contributed by atoms with Crippen LogP contribution in [-0.4, -0.2) is 9.97 Å². The van der Waals surface area contributed by atoms with E-state index in [-0.39, 0.29) is 12.3 Å². The van der Waals surface area contributed by atoms with Crippen LogP contribution in [-0.2, 0) is 6.42 Å². The van der Waals surface area contributed by atoms with Crippen molar-refractivity contribution in [3.8, 4) is 6.07 Å². The Bertz CT molecular complexity index is 341. The predicted molar refractivity (Wildman–Crippen MR) is 50.4 cm³/mol. The van der Waals surface area contributed by atoms with Gasteiger partial charge < -0.3 is 0 Å². The molecule has 0 atom stereocenters. The standard InChI is InChI=1S/C9H10ClN3/c1-6(2)8-7(3-4-11)9(10)13-5-12-8/h5-6H,3H2,1-2H3. The number of nitrogens with zero attached hydrogens (tertiary/aromatic N) is 3. The zero-order chi connectivity index (χ0) is 9.84. The maximum atomic E-state index is 8.59. The first-order valence-electron chi connectivity index (χ1n) is 4.03. The highest BCUT2D eigenvalue weighted by Crippen LogP contribution is 2.22. The SMILES string of the molecule is CC(C)c1ncnc(Cl)c1CC#N. The molecule has 4 heteroatoms. The smallest absolute Gasteiger partial charge is 0.136 e. The van der Waals surface area contributed by atoms with Crippen LogP contribution in [0.25, 0.3) is 0 Å². The highest BCUT2D eigenvalue weighted by molar-refractivity contribution is 6.30. The molecule has 0 aliphatic carbocycles. The van der Waals surface area contributed by atoms with Crippen LogP contribution in [0.2, 0.25) is 5.15 Å². The number of hydrogen-bond donors (Lipinski definition) is 0. The van der Waals surface area contributed by atoms with E-state index in [0.29, 0.717) is 5.15 Å². The normalized spacial score (nSPS) is 10.1. The van der Waals surface area contributed by atoms with Gasteiger partial charge in [0.2, 0.25) is 0 Å². The van der Waals surface area contributed by atoms with Gasteiger partial charge >= 0.3 is 0 Å². The van der Waals surface area contributed by atoms with Crippen LogP contribution in [0, 0.1) is 11.3 Å². The van der Waals surface area contributed by atoms with Gasteiger partial charge in [0.25, 0.3) is 0 Å². The fraction of sp³-hybridized carbons (Fsp3) is 0.444. The van der Waals surface area contributed by atoms with Crippen molar-refractivity contribution in [2.45, 2.75) is 26.2 Å². The fourth-order valence-electron chi connectivity index (χ4n) is 1.14. The first-order chi connectivity index (χ1) is 6.16. The number of rotatable bonds is 2. The molecule has 0 aromatic carbocycles. The average Bonchev–Trinajstić information content (AvgIpc) is 2.08. The summed E-state index contributed by atoms with van der Waals surface area (Å²) >= 11 is 5.85. The molecule has 0 N–H and O–H groups in total. The molecule has 0 saturated heterocycles. The van der Waals surface area contributed by atoms with Crippen LogP contribution in [0.1, 0.15) is 31.0 Å². The summed E-state index contributed by atoms with van der Waals surface area (Å²) in [5.41, 5.74) is 1.61. The quantitative estimate of drug-likeness (QED) is 0.681. The van der Waals surface area contributed by atoms with Crippen LogP contribution in [0.3, 0.4) is 0 Å². The summed E-state index contributed by atoms with van der Waals surface area (Å²) in [5.74, 6) is 0.267. The van der Waals surface area contributed by atoms with Gasteiger partial charge in [0, 0.05) is 5.56 Å². The average molecular weight is 196 g/mol. The molecular weight excluding hydrogens is 186 g/mol. The number of aromatic nitrogens is 2. The molecule has 0 fully saturated rings. The van der Waals surface area contributed by atoms with E-state index in [1.165, 1.54) is 6.33 Å². The van der Waals surface area contributed by atoms with Crippen molar-refractivity contribution in [1.82, 2.24) is 9.97 Å². The molecule has 0 bridgehead atoms. The first-order valence-corrected chi connectivity index (χ1v) is 4.40. The molecule has 1 rings (SSSR count). The zero-order valence-electron chi connectivity index (χ0n) is 7.58. The number of hydrogen-bond acceptors (Lipinski definition) is 3. The van der Waals surface area contributed by atoms with Crippen LogP contribution < -0.4 is 0 Å². The molecule has 0 saturated carbocycles. The van der Waals surface area contributed by atoms with Gasteiger partial charge in [-0.05, 0) is 5.92 Å². The Morgan fingerprint density at radius 2 is 2.23 bits per heavy atom. The Kier molecular flexibility index (Phi) is 3.21. The molecule has 0 aliphatic rings. The maximum Gasteiger partial charge on any atom is 0.136 e. The van der Waals surface area contributed by atoms with Crippen LogP contribution in [0.5, 0.6) is 0 Å². The van der Waals surface area contributed by atoms with E-state index in [2.05, 4.69) is 16.0 Å². The van der Waals surface area contributed by atoms with Crippen LogP contribution >= 0.6 is 11.6 Å². The number of nitriles is 1. The predicted octanol–water partition coefficient (Wildman–Crippen LogP) is 2.32. The maximum absolute atomic E-state index is 8.59. The molecule has 1 aromatic heterocycles. The van der Waals surface area contributed by atoms with Crippen molar-refractivity contribution in [3.63, 3.8) is 0 Å². The molecule has 13 heavy (non-hydrogen) atoms. The summed E-state index contributed by atoms with van der Waals surface area (Å²) in [4.78, 5) is 7.95. The lowest BCUT2D eigenvalue weighted by atomic mass is 10.0. The third-order valence-electron chi connectivity index (χ3n) is 1.73. The monoisotopic (exact) mass is 195 g/mol. The molecule has 68 valence electrons. The Morgan fingerprint density at radius 3 is 2.77 bits per heavy atom. The van der Waals surface area contributed by atoms with Gasteiger partial charge in [-0.2, -0.15) is 5.26 Å². The van der Waals surface area contributed by atoms with E-state index in [1.807, 2.05) is 13.8 Å². The summed E-state index contributed by atoms with van der Waals surface area (Å²) < 4.78 is 0. The van der Waals surface area contributed by atoms with Crippen LogP contribution in [0.15, 0.2) is 6.33 Å².